The highest BCUT2D eigenvalue weighted by molar-refractivity contribution is 6.34. The number of piperidine rings is 1. The van der Waals surface area contributed by atoms with E-state index < -0.39 is 71.9 Å². The van der Waals surface area contributed by atoms with E-state index >= 15 is 0 Å². The van der Waals surface area contributed by atoms with E-state index in [1.807, 2.05) is 0 Å². The number of nitrogens with zero attached hydrogens (tertiary/aromatic N) is 6. The molecule has 5 amide bonds. The number of halogens is 6. The molecule has 272 valence electrons. The zero-order valence-corrected chi connectivity index (χ0v) is 27.1. The maximum Gasteiger partial charge on any atom is 0.435 e. The number of β-amino-alcohol motifs (C(OH)–C–C–N with tert-alkyl or cyclic N) is 1. The van der Waals surface area contributed by atoms with Gasteiger partial charge in [-0.2, -0.15) is 18.3 Å². The highest BCUT2D eigenvalue weighted by atomic mass is 35.5. The smallest absolute Gasteiger partial charge is 0.435 e. The van der Waals surface area contributed by atoms with Crippen molar-refractivity contribution in [3.05, 3.63) is 52.7 Å². The molecule has 2 saturated heterocycles. The topological polar surface area (TPSA) is 187 Å². The normalized spacial score (nSPS) is 26.1. The molecule has 4 aliphatic rings. The van der Waals surface area contributed by atoms with Crippen LogP contribution in [0, 0.1) is 11.8 Å². The van der Waals surface area contributed by atoms with Crippen LogP contribution >= 0.6 is 11.6 Å². The van der Waals surface area contributed by atoms with Crippen molar-refractivity contribution in [3.8, 4) is 11.3 Å². The van der Waals surface area contributed by atoms with Crippen LogP contribution in [0.25, 0.3) is 11.3 Å². The Labute approximate surface area is 289 Å². The minimum Gasteiger partial charge on any atom is -0.465 e. The van der Waals surface area contributed by atoms with E-state index in [2.05, 4.69) is 26.0 Å². The van der Waals surface area contributed by atoms with Crippen LogP contribution in [0.3, 0.4) is 0 Å². The number of benzene rings is 1. The number of nitrogens with one attached hydrogen (secondary N) is 3. The lowest BCUT2D eigenvalue weighted by atomic mass is 10.2. The van der Waals surface area contributed by atoms with Gasteiger partial charge in [-0.1, -0.05) is 11.6 Å². The summed E-state index contributed by atoms with van der Waals surface area (Å²) in [6.45, 7) is 0.564. The van der Waals surface area contributed by atoms with Gasteiger partial charge < -0.3 is 40.5 Å². The molecule has 3 aromatic rings. The molecule has 2 aliphatic carbocycles. The Hall–Kier alpha value is -4.98. The molecule has 0 unspecified atom stereocenters. The molecule has 0 spiro atoms. The summed E-state index contributed by atoms with van der Waals surface area (Å²) < 4.78 is 70.1. The van der Waals surface area contributed by atoms with Crippen LogP contribution in [-0.2, 0) is 13.2 Å². The number of likely N-dealkylation sites (tertiary alicyclic amines) is 2. The van der Waals surface area contributed by atoms with Crippen molar-refractivity contribution >= 4 is 41.2 Å². The van der Waals surface area contributed by atoms with Crippen molar-refractivity contribution in [1.29, 1.82) is 0 Å². The number of aliphatic hydroxyl groups is 1. The Morgan fingerprint density at radius 1 is 1.02 bits per heavy atom. The number of carbonyl (C=O) groups is 4. The third-order valence-electron chi connectivity index (χ3n) is 9.70. The van der Waals surface area contributed by atoms with Gasteiger partial charge in [-0.05, 0) is 18.2 Å². The maximum atomic E-state index is 13.8. The maximum absolute atomic E-state index is 13.8. The second kappa shape index (κ2) is 12.1. The largest absolute Gasteiger partial charge is 0.465 e. The van der Waals surface area contributed by atoms with E-state index in [1.165, 1.54) is 25.2 Å². The van der Waals surface area contributed by atoms with Crippen molar-refractivity contribution in [2.24, 2.45) is 18.9 Å². The quantitative estimate of drug-likeness (QED) is 0.229. The number of urea groups is 1. The van der Waals surface area contributed by atoms with Gasteiger partial charge in [-0.15, -0.1) is 0 Å². The van der Waals surface area contributed by atoms with Crippen molar-refractivity contribution in [3.63, 3.8) is 0 Å². The number of hydrogen-bond donors (Lipinski definition) is 5. The lowest BCUT2D eigenvalue weighted by Crippen LogP contribution is -2.50. The van der Waals surface area contributed by atoms with Crippen molar-refractivity contribution < 1.29 is 51.3 Å². The summed E-state index contributed by atoms with van der Waals surface area (Å²) in [6.07, 6.45) is -5.95. The average Bonchev–Trinajstić information content (AvgIpc) is 3.50. The summed E-state index contributed by atoms with van der Waals surface area (Å²) in [5.41, 5.74) is -1.85. The van der Waals surface area contributed by atoms with Crippen LogP contribution in [0.4, 0.5) is 37.2 Å². The predicted octanol–water partition coefficient (Wildman–Crippen LogP) is 2.88. The van der Waals surface area contributed by atoms with E-state index in [-0.39, 0.29) is 58.8 Å². The highest BCUT2D eigenvalue weighted by Gasteiger charge is 2.60. The Morgan fingerprint density at radius 3 is 2.29 bits per heavy atom. The lowest BCUT2D eigenvalue weighted by molar-refractivity contribution is -0.141. The van der Waals surface area contributed by atoms with Gasteiger partial charge >= 0.3 is 18.3 Å². The number of carbonyl (C=O) groups excluding carboxylic acids is 3. The van der Waals surface area contributed by atoms with E-state index in [9.17, 15) is 46.2 Å². The van der Waals surface area contributed by atoms with Crippen LogP contribution in [0.1, 0.15) is 39.1 Å². The first-order valence-electron chi connectivity index (χ1n) is 15.6. The minimum atomic E-state index is -4.97. The molecular formula is C30H29ClF5N9O6. The van der Waals surface area contributed by atoms with Gasteiger partial charge in [-0.25, -0.2) is 23.4 Å². The molecule has 2 aromatic heterocycles. The van der Waals surface area contributed by atoms with Crippen LogP contribution in [0.15, 0.2) is 30.6 Å². The van der Waals surface area contributed by atoms with Gasteiger partial charge in [0.15, 0.2) is 11.5 Å². The summed E-state index contributed by atoms with van der Waals surface area (Å²) in [6, 6.07) is 1.19. The predicted molar refractivity (Wildman–Crippen MR) is 165 cm³/mol. The zero-order valence-electron chi connectivity index (χ0n) is 26.4. The highest BCUT2D eigenvalue weighted by Crippen LogP contribution is 2.53. The van der Waals surface area contributed by atoms with Gasteiger partial charge in [0, 0.05) is 62.9 Å². The second-order valence-corrected chi connectivity index (χ2v) is 13.5. The number of aliphatic hydroxyl groups excluding tert-OH is 1. The summed E-state index contributed by atoms with van der Waals surface area (Å²) in [5, 5.41) is 30.6. The number of fused-ring (bicyclic) bond motifs is 1. The number of rotatable bonds is 7. The molecule has 21 heteroatoms. The molecule has 4 fully saturated rings. The minimum absolute atomic E-state index is 0.0118. The number of carboxylic acid groups (broad SMARTS) is 1. The SMILES string of the molecule is Cn1c(-c2cn([C@@H]3CC3(F)F)nc2C(F)(F)F)cnc1C(=O)Nc1ccc(C(=O)N[C@@H]2[C@@H]3CN(C(=O)N[C@H]4CN(C(=O)O)C[C@@H]4O)C[C@@H]32)c(Cl)c1. The molecule has 4 heterocycles. The Balaban J connectivity index is 0.944. The summed E-state index contributed by atoms with van der Waals surface area (Å²) in [4.78, 5) is 56.4. The van der Waals surface area contributed by atoms with Crippen molar-refractivity contribution in [2.45, 2.75) is 42.7 Å². The van der Waals surface area contributed by atoms with Crippen molar-refractivity contribution in [1.82, 2.24) is 39.8 Å². The number of imidazole rings is 1. The number of aromatic nitrogens is 4. The van der Waals surface area contributed by atoms with E-state index in [1.54, 1.807) is 4.90 Å². The number of hydrogen-bond acceptors (Lipinski definition) is 7. The number of anilines is 1. The number of alkyl halides is 5. The molecule has 0 radical (unpaired) electrons. The monoisotopic (exact) mass is 741 g/mol. The fourth-order valence-electron chi connectivity index (χ4n) is 6.74. The molecule has 0 bridgehead atoms. The molecule has 51 heavy (non-hydrogen) atoms. The molecule has 6 atom stereocenters. The molecule has 1 aromatic carbocycles. The van der Waals surface area contributed by atoms with Crippen LogP contribution in [-0.4, -0.2) is 114 Å². The zero-order chi connectivity index (χ0) is 36.7. The van der Waals surface area contributed by atoms with Crippen LogP contribution in [0.2, 0.25) is 5.02 Å². The summed E-state index contributed by atoms with van der Waals surface area (Å²) in [5.74, 6) is -4.81. The van der Waals surface area contributed by atoms with Gasteiger partial charge in [0.1, 0.15) is 6.04 Å². The van der Waals surface area contributed by atoms with Crippen LogP contribution < -0.4 is 16.0 Å². The van der Waals surface area contributed by atoms with E-state index in [0.29, 0.717) is 17.8 Å². The molecule has 5 N–H and O–H groups in total. The van der Waals surface area contributed by atoms with E-state index in [4.69, 9.17) is 16.7 Å². The molecule has 7 rings (SSSR count). The first kappa shape index (κ1) is 34.5. The fourth-order valence-corrected chi connectivity index (χ4v) is 7.01. The second-order valence-electron chi connectivity index (χ2n) is 13.1. The van der Waals surface area contributed by atoms with Gasteiger partial charge in [0.05, 0.1) is 46.7 Å². The summed E-state index contributed by atoms with van der Waals surface area (Å²) in [7, 11) is 1.29. The third-order valence-corrected chi connectivity index (χ3v) is 10.0. The average molecular weight is 742 g/mol. The molecule has 2 saturated carbocycles. The van der Waals surface area contributed by atoms with Gasteiger partial charge in [0.2, 0.25) is 0 Å². The van der Waals surface area contributed by atoms with E-state index in [0.717, 1.165) is 21.9 Å². The summed E-state index contributed by atoms with van der Waals surface area (Å²) >= 11 is 6.37. The third kappa shape index (κ3) is 6.41. The Bertz CT molecular complexity index is 1940. The van der Waals surface area contributed by atoms with Gasteiger partial charge in [-0.3, -0.25) is 14.3 Å². The Kier molecular flexibility index (Phi) is 8.16. The van der Waals surface area contributed by atoms with Crippen LogP contribution in [0.5, 0.6) is 0 Å². The molecular weight excluding hydrogens is 713 g/mol. The first-order chi connectivity index (χ1) is 23.9. The lowest BCUT2D eigenvalue weighted by Gasteiger charge is -2.24. The van der Waals surface area contributed by atoms with Crippen molar-refractivity contribution in [2.75, 3.05) is 31.5 Å². The molecule has 2 aliphatic heterocycles. The fraction of sp³-hybridized carbons (Fsp3) is 0.467. The first-order valence-corrected chi connectivity index (χ1v) is 16.0. The Morgan fingerprint density at radius 2 is 1.71 bits per heavy atom. The number of amides is 5. The molecule has 15 nitrogen and oxygen atoms in total. The van der Waals surface area contributed by atoms with Gasteiger partial charge in [0.25, 0.3) is 17.7 Å². The standard InChI is InChI=1S/C30H29ClF5N9O6/c1-42-19(16-9-45(21-5-29(21,32)33)41-23(16)30(34,35)36)6-37-24(42)26(48)38-12-2-3-13(17(31)4-12)25(47)40-22-14-7-43(8-15(14)22)27(49)39-18-10-44(28(50)51)11-20(18)46/h2-4,6,9,14-15,18,20-22,46H,5,7-8,10-11H2,1H3,(H,38,48)(H,39,49)(H,40,47)(H,50,51)/t14-,15+,18-,20-,21+,22-/m0/s1.